The molecule has 0 spiro atoms. The van der Waals surface area contributed by atoms with E-state index in [2.05, 4.69) is 16.9 Å². The maximum Gasteiger partial charge on any atom is 0.128 e. The third kappa shape index (κ3) is 3.96. The Bertz CT molecular complexity index is 268. The maximum atomic E-state index is 5.63. The topological polar surface area (TPSA) is 51.8 Å². The van der Waals surface area contributed by atoms with Crippen molar-refractivity contribution in [2.75, 3.05) is 11.5 Å². The average Bonchev–Trinajstić information content (AvgIpc) is 2.11. The summed E-state index contributed by atoms with van der Waals surface area (Å²) in [4.78, 5) is 8.34. The second-order valence-corrected chi connectivity index (χ2v) is 4.35. The van der Waals surface area contributed by atoms with Crippen molar-refractivity contribution in [2.45, 2.75) is 38.1 Å². The first-order valence-corrected chi connectivity index (χ1v) is 5.95. The maximum absolute atomic E-state index is 5.63. The van der Waals surface area contributed by atoms with Gasteiger partial charge in [0.15, 0.2) is 0 Å². The average molecular weight is 211 g/mol. The number of nitrogens with two attached hydrogens (primary N) is 1. The quantitative estimate of drug-likeness (QED) is 0.462. The fraction of sp³-hybridized carbons (Fsp3) is 0.600. The Morgan fingerprint density at radius 3 is 2.79 bits per heavy atom. The molecule has 0 unspecified atom stereocenters. The number of aromatic nitrogens is 2. The smallest absolute Gasteiger partial charge is 0.128 e. The van der Waals surface area contributed by atoms with E-state index in [0.717, 1.165) is 16.6 Å². The lowest BCUT2D eigenvalue weighted by Gasteiger charge is -2.02. The third-order valence-electron chi connectivity index (χ3n) is 1.83. The monoisotopic (exact) mass is 211 g/mol. The largest absolute Gasteiger partial charge is 0.384 e. The SMILES string of the molecule is CCCCCSc1cc(N)nc(C)n1. The number of rotatable bonds is 5. The van der Waals surface area contributed by atoms with Gasteiger partial charge in [0, 0.05) is 6.07 Å². The van der Waals surface area contributed by atoms with Gasteiger partial charge in [0.05, 0.1) is 0 Å². The number of anilines is 1. The van der Waals surface area contributed by atoms with Crippen molar-refractivity contribution >= 4 is 17.6 Å². The number of nitrogen functional groups attached to an aromatic ring is 1. The molecule has 1 heterocycles. The molecule has 78 valence electrons. The van der Waals surface area contributed by atoms with Crippen LogP contribution < -0.4 is 5.73 Å². The van der Waals surface area contributed by atoms with Gasteiger partial charge in [0.25, 0.3) is 0 Å². The van der Waals surface area contributed by atoms with Gasteiger partial charge in [-0.25, -0.2) is 9.97 Å². The molecule has 0 aliphatic heterocycles. The highest BCUT2D eigenvalue weighted by Gasteiger charge is 1.99. The molecule has 0 saturated heterocycles. The van der Waals surface area contributed by atoms with Crippen molar-refractivity contribution in [1.29, 1.82) is 0 Å². The second-order valence-electron chi connectivity index (χ2n) is 3.23. The molecule has 1 aromatic heterocycles. The van der Waals surface area contributed by atoms with Crippen LogP contribution in [-0.2, 0) is 0 Å². The van der Waals surface area contributed by atoms with Crippen LogP contribution in [0.25, 0.3) is 0 Å². The lowest BCUT2D eigenvalue weighted by molar-refractivity contribution is 0.778. The van der Waals surface area contributed by atoms with Gasteiger partial charge in [-0.2, -0.15) is 0 Å². The van der Waals surface area contributed by atoms with Crippen LogP contribution in [0.5, 0.6) is 0 Å². The molecule has 0 aromatic carbocycles. The van der Waals surface area contributed by atoms with E-state index in [1.165, 1.54) is 19.3 Å². The van der Waals surface area contributed by atoms with Gasteiger partial charge in [-0.3, -0.25) is 0 Å². The van der Waals surface area contributed by atoms with Crippen LogP contribution in [0.1, 0.15) is 32.0 Å². The minimum absolute atomic E-state index is 0.565. The Balaban J connectivity index is 2.42. The molecule has 0 bridgehead atoms. The van der Waals surface area contributed by atoms with Gasteiger partial charge >= 0.3 is 0 Å². The normalized spacial score (nSPS) is 10.4. The first kappa shape index (κ1) is 11.3. The molecule has 0 radical (unpaired) electrons. The Labute approximate surface area is 89.5 Å². The predicted octanol–water partition coefficient (Wildman–Crippen LogP) is 2.65. The van der Waals surface area contributed by atoms with Crippen LogP contribution in [-0.4, -0.2) is 15.7 Å². The molecule has 3 nitrogen and oxygen atoms in total. The first-order chi connectivity index (χ1) is 6.72. The highest BCUT2D eigenvalue weighted by atomic mass is 32.2. The van der Waals surface area contributed by atoms with Crippen molar-refractivity contribution in [3.63, 3.8) is 0 Å². The summed E-state index contributed by atoms with van der Waals surface area (Å²) in [5.41, 5.74) is 5.63. The highest BCUT2D eigenvalue weighted by molar-refractivity contribution is 7.99. The molecule has 0 aliphatic carbocycles. The molecule has 2 N–H and O–H groups in total. The van der Waals surface area contributed by atoms with E-state index >= 15 is 0 Å². The summed E-state index contributed by atoms with van der Waals surface area (Å²) in [5, 5.41) is 0.992. The zero-order valence-electron chi connectivity index (χ0n) is 8.79. The van der Waals surface area contributed by atoms with E-state index < -0.39 is 0 Å². The Hall–Kier alpha value is -0.770. The summed E-state index contributed by atoms with van der Waals surface area (Å²) in [6.45, 7) is 4.07. The summed E-state index contributed by atoms with van der Waals surface area (Å²) in [5.74, 6) is 2.43. The Kier molecular flexibility index (Phi) is 4.73. The highest BCUT2D eigenvalue weighted by Crippen LogP contribution is 2.18. The van der Waals surface area contributed by atoms with Crippen molar-refractivity contribution in [3.8, 4) is 0 Å². The van der Waals surface area contributed by atoms with Gasteiger partial charge in [-0.15, -0.1) is 11.8 Å². The van der Waals surface area contributed by atoms with E-state index in [0.29, 0.717) is 5.82 Å². The fourth-order valence-electron chi connectivity index (χ4n) is 1.17. The van der Waals surface area contributed by atoms with Crippen LogP contribution in [0.15, 0.2) is 11.1 Å². The molecular weight excluding hydrogens is 194 g/mol. The molecule has 0 amide bonds. The third-order valence-corrected chi connectivity index (χ3v) is 2.83. The Morgan fingerprint density at radius 2 is 2.14 bits per heavy atom. The summed E-state index contributed by atoms with van der Waals surface area (Å²) < 4.78 is 0. The van der Waals surface area contributed by atoms with E-state index in [4.69, 9.17) is 5.73 Å². The first-order valence-electron chi connectivity index (χ1n) is 4.96. The van der Waals surface area contributed by atoms with E-state index in [1.807, 2.05) is 13.0 Å². The van der Waals surface area contributed by atoms with Gasteiger partial charge in [0.1, 0.15) is 16.7 Å². The number of hydrogen-bond donors (Lipinski definition) is 1. The zero-order valence-corrected chi connectivity index (χ0v) is 9.60. The Morgan fingerprint density at radius 1 is 1.36 bits per heavy atom. The fourth-order valence-corrected chi connectivity index (χ4v) is 2.12. The van der Waals surface area contributed by atoms with E-state index in [1.54, 1.807) is 11.8 Å². The summed E-state index contributed by atoms with van der Waals surface area (Å²) in [7, 11) is 0. The lowest BCUT2D eigenvalue weighted by Crippen LogP contribution is -1.96. The standard InChI is InChI=1S/C10H17N3S/c1-3-4-5-6-14-10-7-9(11)12-8(2)13-10/h7H,3-6H2,1-2H3,(H2,11,12,13). The second kappa shape index (κ2) is 5.86. The molecule has 14 heavy (non-hydrogen) atoms. The molecule has 4 heteroatoms. The molecule has 1 rings (SSSR count). The molecule has 0 aliphatic rings. The van der Waals surface area contributed by atoms with E-state index in [-0.39, 0.29) is 0 Å². The van der Waals surface area contributed by atoms with Crippen molar-refractivity contribution in [1.82, 2.24) is 9.97 Å². The van der Waals surface area contributed by atoms with Gasteiger partial charge < -0.3 is 5.73 Å². The zero-order chi connectivity index (χ0) is 10.4. The van der Waals surface area contributed by atoms with Gasteiger partial charge in [0.2, 0.25) is 0 Å². The van der Waals surface area contributed by atoms with Crippen LogP contribution in [0, 0.1) is 6.92 Å². The minimum Gasteiger partial charge on any atom is -0.384 e. The number of aryl methyl sites for hydroxylation is 1. The van der Waals surface area contributed by atoms with Crippen LogP contribution >= 0.6 is 11.8 Å². The van der Waals surface area contributed by atoms with Crippen molar-refractivity contribution in [2.24, 2.45) is 0 Å². The van der Waals surface area contributed by atoms with Gasteiger partial charge in [-0.05, 0) is 19.1 Å². The molecule has 0 atom stereocenters. The molecular formula is C10H17N3S. The van der Waals surface area contributed by atoms with Crippen molar-refractivity contribution in [3.05, 3.63) is 11.9 Å². The van der Waals surface area contributed by atoms with Crippen LogP contribution in [0.2, 0.25) is 0 Å². The number of nitrogens with zero attached hydrogens (tertiary/aromatic N) is 2. The summed E-state index contributed by atoms with van der Waals surface area (Å²) in [6, 6.07) is 1.84. The minimum atomic E-state index is 0.565. The molecule has 0 saturated carbocycles. The molecule has 0 fully saturated rings. The molecule has 1 aromatic rings. The summed E-state index contributed by atoms with van der Waals surface area (Å²) in [6.07, 6.45) is 3.78. The van der Waals surface area contributed by atoms with Gasteiger partial charge in [-0.1, -0.05) is 19.8 Å². The van der Waals surface area contributed by atoms with Crippen molar-refractivity contribution < 1.29 is 0 Å². The summed E-state index contributed by atoms with van der Waals surface area (Å²) >= 11 is 1.76. The number of thioether (sulfide) groups is 1. The number of hydrogen-bond acceptors (Lipinski definition) is 4. The lowest BCUT2D eigenvalue weighted by atomic mass is 10.3. The van der Waals surface area contributed by atoms with E-state index in [9.17, 15) is 0 Å². The number of unbranched alkanes of at least 4 members (excludes halogenated alkanes) is 2. The predicted molar refractivity (Wildman–Crippen MR) is 61.4 cm³/mol. The van der Waals surface area contributed by atoms with Crippen LogP contribution in [0.3, 0.4) is 0 Å². The van der Waals surface area contributed by atoms with Crippen LogP contribution in [0.4, 0.5) is 5.82 Å².